The van der Waals surface area contributed by atoms with Crippen LogP contribution in [0.3, 0.4) is 0 Å². The Bertz CT molecular complexity index is 172. The number of hydrogen-bond donors (Lipinski definition) is 1. The van der Waals surface area contributed by atoms with Crippen LogP contribution < -0.4 is 5.32 Å². The van der Waals surface area contributed by atoms with Crippen molar-refractivity contribution in [2.75, 3.05) is 6.54 Å². The van der Waals surface area contributed by atoms with Crippen LogP contribution >= 0.6 is 0 Å². The lowest BCUT2D eigenvalue weighted by Gasteiger charge is -1.98. The van der Waals surface area contributed by atoms with E-state index in [0.29, 0.717) is 0 Å². The van der Waals surface area contributed by atoms with Gasteiger partial charge in [-0.2, -0.15) is 0 Å². The lowest BCUT2D eigenvalue weighted by Crippen LogP contribution is -2.14. The zero-order valence-electron chi connectivity index (χ0n) is 6.84. The maximum absolute atomic E-state index is 4.68. The van der Waals surface area contributed by atoms with Gasteiger partial charge in [0, 0.05) is 12.6 Å². The molecule has 0 saturated carbocycles. The molecule has 0 aromatic carbocycles. The van der Waals surface area contributed by atoms with Crippen molar-refractivity contribution >= 4 is 0 Å². The predicted molar refractivity (Wildman–Crippen MR) is 43.1 cm³/mol. The van der Waals surface area contributed by atoms with Crippen molar-refractivity contribution in [3.05, 3.63) is 18.0 Å². The molecule has 0 atom stereocenters. The van der Waals surface area contributed by atoms with Gasteiger partial charge >= 0.3 is 0 Å². The van der Waals surface area contributed by atoms with E-state index in [1.165, 1.54) is 12.8 Å². The van der Waals surface area contributed by atoms with Gasteiger partial charge in [0.2, 0.25) is 0 Å². The minimum absolute atomic E-state index is 0.816. The third-order valence-electron chi connectivity index (χ3n) is 1.50. The molecular weight excluding hydrogens is 140 g/mol. The van der Waals surface area contributed by atoms with Gasteiger partial charge in [0.25, 0.3) is 0 Å². The van der Waals surface area contributed by atoms with E-state index in [1.54, 1.807) is 6.26 Å². The average molecular weight is 154 g/mol. The van der Waals surface area contributed by atoms with Crippen molar-refractivity contribution in [3.8, 4) is 0 Å². The number of nitrogens with zero attached hydrogens (tertiary/aromatic N) is 1. The Morgan fingerprint density at radius 3 is 3.18 bits per heavy atom. The van der Waals surface area contributed by atoms with Crippen molar-refractivity contribution in [3.63, 3.8) is 0 Å². The molecule has 0 aliphatic rings. The Labute approximate surface area is 66.8 Å². The molecule has 0 spiro atoms. The zero-order chi connectivity index (χ0) is 7.94. The number of hydrogen-bond acceptors (Lipinski definition) is 3. The van der Waals surface area contributed by atoms with Crippen LogP contribution in [0.2, 0.25) is 0 Å². The van der Waals surface area contributed by atoms with Crippen LogP contribution in [0.15, 0.2) is 16.9 Å². The number of rotatable bonds is 5. The number of aromatic nitrogens is 1. The van der Waals surface area contributed by atoms with Gasteiger partial charge in [-0.1, -0.05) is 18.5 Å². The molecule has 0 amide bonds. The highest BCUT2D eigenvalue weighted by atomic mass is 16.5. The van der Waals surface area contributed by atoms with Crippen LogP contribution in [0.4, 0.5) is 0 Å². The fraction of sp³-hybridized carbons (Fsp3) is 0.625. The van der Waals surface area contributed by atoms with E-state index in [0.717, 1.165) is 18.8 Å². The van der Waals surface area contributed by atoms with E-state index in [1.807, 2.05) is 6.07 Å². The monoisotopic (exact) mass is 154 g/mol. The Morgan fingerprint density at radius 2 is 2.55 bits per heavy atom. The molecule has 0 fully saturated rings. The minimum Gasteiger partial charge on any atom is -0.364 e. The lowest BCUT2D eigenvalue weighted by atomic mass is 10.3. The lowest BCUT2D eigenvalue weighted by molar-refractivity contribution is 0.408. The summed E-state index contributed by atoms with van der Waals surface area (Å²) in [5, 5.41) is 7.04. The molecule has 0 bridgehead atoms. The first-order valence-electron chi connectivity index (χ1n) is 4.03. The van der Waals surface area contributed by atoms with E-state index in [4.69, 9.17) is 0 Å². The summed E-state index contributed by atoms with van der Waals surface area (Å²) < 4.78 is 4.68. The summed E-state index contributed by atoms with van der Waals surface area (Å²) in [6.45, 7) is 4.05. The molecule has 0 saturated heterocycles. The van der Waals surface area contributed by atoms with Crippen molar-refractivity contribution in [2.45, 2.75) is 26.3 Å². The molecule has 0 radical (unpaired) electrons. The third-order valence-corrected chi connectivity index (χ3v) is 1.50. The van der Waals surface area contributed by atoms with E-state index in [2.05, 4.69) is 21.9 Å². The van der Waals surface area contributed by atoms with Crippen molar-refractivity contribution in [1.29, 1.82) is 0 Å². The molecule has 1 aromatic rings. The smallest absolute Gasteiger partial charge is 0.124 e. The van der Waals surface area contributed by atoms with E-state index in [9.17, 15) is 0 Å². The third kappa shape index (κ3) is 3.18. The van der Waals surface area contributed by atoms with Gasteiger partial charge < -0.3 is 9.84 Å². The first kappa shape index (κ1) is 8.27. The first-order valence-corrected chi connectivity index (χ1v) is 4.03. The summed E-state index contributed by atoms with van der Waals surface area (Å²) in [6, 6.07) is 1.87. The van der Waals surface area contributed by atoms with Gasteiger partial charge in [-0.05, 0) is 13.0 Å². The highest BCUT2D eigenvalue weighted by Gasteiger charge is 1.93. The second-order valence-electron chi connectivity index (χ2n) is 2.52. The fourth-order valence-corrected chi connectivity index (χ4v) is 0.847. The van der Waals surface area contributed by atoms with Crippen molar-refractivity contribution in [1.82, 2.24) is 10.5 Å². The summed E-state index contributed by atoms with van der Waals surface area (Å²) in [4.78, 5) is 0. The largest absolute Gasteiger partial charge is 0.364 e. The standard InChI is InChI=1S/C8H14N2O/c1-2-3-5-9-7-8-4-6-11-10-8/h4,6,9H,2-3,5,7H2,1H3. The summed E-state index contributed by atoms with van der Waals surface area (Å²) in [6.07, 6.45) is 4.04. The van der Waals surface area contributed by atoms with Gasteiger partial charge in [0.1, 0.15) is 6.26 Å². The quantitative estimate of drug-likeness (QED) is 0.654. The molecule has 3 heteroatoms. The van der Waals surface area contributed by atoms with Crippen LogP contribution in [0.1, 0.15) is 25.5 Å². The van der Waals surface area contributed by atoms with Crippen LogP contribution in [-0.2, 0) is 6.54 Å². The second kappa shape index (κ2) is 4.91. The van der Waals surface area contributed by atoms with Crippen molar-refractivity contribution in [2.24, 2.45) is 0 Å². The van der Waals surface area contributed by atoms with E-state index >= 15 is 0 Å². The van der Waals surface area contributed by atoms with E-state index < -0.39 is 0 Å². The van der Waals surface area contributed by atoms with Gasteiger partial charge in [-0.3, -0.25) is 0 Å². The Balaban J connectivity index is 2.04. The first-order chi connectivity index (χ1) is 5.43. The normalized spacial score (nSPS) is 10.3. The van der Waals surface area contributed by atoms with Gasteiger partial charge in [-0.25, -0.2) is 0 Å². The maximum atomic E-state index is 4.68. The second-order valence-corrected chi connectivity index (χ2v) is 2.52. The summed E-state index contributed by atoms with van der Waals surface area (Å²) in [5.74, 6) is 0. The number of nitrogens with one attached hydrogen (secondary N) is 1. The Kier molecular flexibility index (Phi) is 3.69. The van der Waals surface area contributed by atoms with Crippen LogP contribution in [0.5, 0.6) is 0 Å². The molecule has 1 N–H and O–H groups in total. The molecule has 1 heterocycles. The molecule has 0 aliphatic carbocycles. The number of unbranched alkanes of at least 4 members (excludes halogenated alkanes) is 1. The zero-order valence-corrected chi connectivity index (χ0v) is 6.84. The highest BCUT2D eigenvalue weighted by Crippen LogP contribution is 1.92. The van der Waals surface area contributed by atoms with Crippen LogP contribution in [-0.4, -0.2) is 11.7 Å². The minimum atomic E-state index is 0.816. The fourth-order valence-electron chi connectivity index (χ4n) is 0.847. The van der Waals surface area contributed by atoms with Crippen LogP contribution in [0, 0.1) is 0 Å². The van der Waals surface area contributed by atoms with E-state index in [-0.39, 0.29) is 0 Å². The van der Waals surface area contributed by atoms with Gasteiger partial charge in [0.05, 0.1) is 5.69 Å². The predicted octanol–water partition coefficient (Wildman–Crippen LogP) is 1.56. The maximum Gasteiger partial charge on any atom is 0.124 e. The SMILES string of the molecule is CCCCNCc1ccon1. The molecule has 11 heavy (non-hydrogen) atoms. The molecule has 1 rings (SSSR count). The molecule has 0 aliphatic heterocycles. The molecule has 1 aromatic heterocycles. The summed E-state index contributed by atoms with van der Waals surface area (Å²) >= 11 is 0. The Hall–Kier alpha value is -0.830. The highest BCUT2D eigenvalue weighted by molar-refractivity contribution is 4.93. The molecule has 3 nitrogen and oxygen atoms in total. The molecular formula is C8H14N2O. The van der Waals surface area contributed by atoms with Gasteiger partial charge in [0.15, 0.2) is 0 Å². The molecule has 62 valence electrons. The Morgan fingerprint density at radius 1 is 1.64 bits per heavy atom. The van der Waals surface area contributed by atoms with Crippen LogP contribution in [0.25, 0.3) is 0 Å². The van der Waals surface area contributed by atoms with Crippen molar-refractivity contribution < 1.29 is 4.52 Å². The molecule has 0 unspecified atom stereocenters. The van der Waals surface area contributed by atoms with Gasteiger partial charge in [-0.15, -0.1) is 0 Å². The summed E-state index contributed by atoms with van der Waals surface area (Å²) in [5.41, 5.74) is 0.973. The average Bonchev–Trinajstić information content (AvgIpc) is 2.50. The topological polar surface area (TPSA) is 38.1 Å². The summed E-state index contributed by atoms with van der Waals surface area (Å²) in [7, 11) is 0.